The Morgan fingerprint density at radius 3 is 2.81 bits per heavy atom. The summed E-state index contributed by atoms with van der Waals surface area (Å²) in [5.74, 6) is 0. The second-order valence-electron chi connectivity index (χ2n) is 4.43. The Morgan fingerprint density at radius 1 is 1.43 bits per heavy atom. The third kappa shape index (κ3) is 4.44. The quantitative estimate of drug-likeness (QED) is 0.771. The SMILES string of the molecule is CNC(=O)NCc1cn(C[C@@H](O)c2ccc(Cl)cc2)nn1. The predicted octanol–water partition coefficient (Wildman–Crippen LogP) is 1.09. The van der Waals surface area contributed by atoms with Gasteiger partial charge in [0.15, 0.2) is 0 Å². The summed E-state index contributed by atoms with van der Waals surface area (Å²) in [4.78, 5) is 11.1. The number of amides is 2. The van der Waals surface area contributed by atoms with E-state index < -0.39 is 6.10 Å². The monoisotopic (exact) mass is 309 g/mol. The van der Waals surface area contributed by atoms with Crippen molar-refractivity contribution in [3.63, 3.8) is 0 Å². The number of halogens is 1. The highest BCUT2D eigenvalue weighted by Gasteiger charge is 2.10. The van der Waals surface area contributed by atoms with Crippen molar-refractivity contribution in [2.75, 3.05) is 7.05 Å². The molecule has 0 fully saturated rings. The minimum absolute atomic E-state index is 0.272. The number of aromatic nitrogens is 3. The molecule has 0 unspecified atom stereocenters. The van der Waals surface area contributed by atoms with Gasteiger partial charge in [-0.2, -0.15) is 0 Å². The van der Waals surface area contributed by atoms with Gasteiger partial charge in [0.05, 0.1) is 25.4 Å². The standard InChI is InChI=1S/C13H16ClN5O2/c1-15-13(21)16-6-11-7-19(18-17-11)8-12(20)9-2-4-10(14)5-3-9/h2-5,7,12,20H,6,8H2,1H3,(H2,15,16,21)/t12-/m1/s1. The van der Waals surface area contributed by atoms with Gasteiger partial charge in [-0.15, -0.1) is 5.10 Å². The third-order valence-corrected chi connectivity index (χ3v) is 3.11. The Bertz CT molecular complexity index is 599. The van der Waals surface area contributed by atoms with Gasteiger partial charge in [0.1, 0.15) is 5.69 Å². The van der Waals surface area contributed by atoms with Gasteiger partial charge in [-0.25, -0.2) is 9.48 Å². The molecule has 0 radical (unpaired) electrons. The molecule has 7 nitrogen and oxygen atoms in total. The van der Waals surface area contributed by atoms with Crippen LogP contribution in [-0.4, -0.2) is 33.2 Å². The zero-order chi connectivity index (χ0) is 15.2. The van der Waals surface area contributed by atoms with Crippen LogP contribution in [-0.2, 0) is 13.1 Å². The lowest BCUT2D eigenvalue weighted by atomic mass is 10.1. The fraction of sp³-hybridized carbons (Fsp3) is 0.308. The number of hydrogen-bond acceptors (Lipinski definition) is 4. The molecule has 0 bridgehead atoms. The average Bonchev–Trinajstić information content (AvgIpc) is 2.93. The maximum Gasteiger partial charge on any atom is 0.314 e. The minimum atomic E-state index is -0.705. The smallest absolute Gasteiger partial charge is 0.314 e. The van der Waals surface area contributed by atoms with Crippen LogP contribution in [0.2, 0.25) is 5.02 Å². The molecular weight excluding hydrogens is 294 g/mol. The highest BCUT2D eigenvalue weighted by molar-refractivity contribution is 6.30. The van der Waals surface area contributed by atoms with E-state index in [-0.39, 0.29) is 19.1 Å². The Labute approximate surface area is 126 Å². The molecule has 0 aliphatic rings. The van der Waals surface area contributed by atoms with Crippen LogP contribution in [0.3, 0.4) is 0 Å². The van der Waals surface area contributed by atoms with Crippen molar-refractivity contribution in [2.45, 2.75) is 19.2 Å². The molecule has 112 valence electrons. The molecule has 0 aliphatic carbocycles. The van der Waals surface area contributed by atoms with Crippen LogP contribution in [0.25, 0.3) is 0 Å². The van der Waals surface area contributed by atoms with Crippen molar-refractivity contribution in [1.82, 2.24) is 25.6 Å². The van der Waals surface area contributed by atoms with Crippen molar-refractivity contribution in [1.29, 1.82) is 0 Å². The molecule has 0 saturated carbocycles. The van der Waals surface area contributed by atoms with E-state index in [1.807, 2.05) is 0 Å². The molecule has 1 atom stereocenters. The normalized spacial score (nSPS) is 12.0. The van der Waals surface area contributed by atoms with E-state index in [0.29, 0.717) is 10.7 Å². The van der Waals surface area contributed by atoms with E-state index in [0.717, 1.165) is 5.56 Å². The van der Waals surface area contributed by atoms with Crippen molar-refractivity contribution in [2.24, 2.45) is 0 Å². The summed E-state index contributed by atoms with van der Waals surface area (Å²) < 4.78 is 1.53. The fourth-order valence-corrected chi connectivity index (χ4v) is 1.86. The van der Waals surface area contributed by atoms with Gasteiger partial charge in [0.25, 0.3) is 0 Å². The van der Waals surface area contributed by atoms with Gasteiger partial charge in [-0.1, -0.05) is 28.9 Å². The summed E-state index contributed by atoms with van der Waals surface area (Å²) in [5.41, 5.74) is 1.36. The van der Waals surface area contributed by atoms with Gasteiger partial charge in [0.2, 0.25) is 0 Å². The van der Waals surface area contributed by atoms with Gasteiger partial charge in [-0.05, 0) is 17.7 Å². The molecule has 0 spiro atoms. The number of hydrogen-bond donors (Lipinski definition) is 3. The van der Waals surface area contributed by atoms with Crippen molar-refractivity contribution in [3.8, 4) is 0 Å². The summed E-state index contributed by atoms with van der Waals surface area (Å²) in [6, 6.07) is 6.68. The van der Waals surface area contributed by atoms with Crippen LogP contribution in [0.15, 0.2) is 30.5 Å². The number of aliphatic hydroxyl groups is 1. The molecule has 1 aromatic carbocycles. The van der Waals surface area contributed by atoms with E-state index in [4.69, 9.17) is 11.6 Å². The Morgan fingerprint density at radius 2 is 2.14 bits per heavy atom. The Kier molecular flexibility index (Phi) is 5.13. The molecule has 1 aromatic heterocycles. The molecule has 21 heavy (non-hydrogen) atoms. The van der Waals surface area contributed by atoms with E-state index in [1.165, 1.54) is 11.7 Å². The summed E-state index contributed by atoms with van der Waals surface area (Å²) in [6.07, 6.45) is 0.971. The summed E-state index contributed by atoms with van der Waals surface area (Å²) in [5, 5.41) is 23.6. The number of benzene rings is 1. The number of rotatable bonds is 5. The summed E-state index contributed by atoms with van der Waals surface area (Å²) in [7, 11) is 1.54. The molecule has 8 heteroatoms. The average molecular weight is 310 g/mol. The number of aliphatic hydroxyl groups excluding tert-OH is 1. The van der Waals surface area contributed by atoms with Gasteiger partial charge in [-0.3, -0.25) is 0 Å². The lowest BCUT2D eigenvalue weighted by Gasteiger charge is -2.10. The first-order chi connectivity index (χ1) is 10.1. The third-order valence-electron chi connectivity index (χ3n) is 2.86. The van der Waals surface area contributed by atoms with Gasteiger partial charge >= 0.3 is 6.03 Å². The lowest BCUT2D eigenvalue weighted by molar-refractivity contribution is 0.150. The zero-order valence-electron chi connectivity index (χ0n) is 11.5. The molecular formula is C13H16ClN5O2. The minimum Gasteiger partial charge on any atom is -0.386 e. The van der Waals surface area contributed by atoms with Crippen LogP contribution in [0.5, 0.6) is 0 Å². The fourth-order valence-electron chi connectivity index (χ4n) is 1.74. The Balaban J connectivity index is 1.92. The topological polar surface area (TPSA) is 92.1 Å². The molecule has 0 saturated heterocycles. The number of nitrogens with one attached hydrogen (secondary N) is 2. The summed E-state index contributed by atoms with van der Waals surface area (Å²) in [6.45, 7) is 0.547. The van der Waals surface area contributed by atoms with Crippen molar-refractivity contribution >= 4 is 17.6 Å². The van der Waals surface area contributed by atoms with Crippen LogP contribution in [0.1, 0.15) is 17.4 Å². The van der Waals surface area contributed by atoms with Crippen molar-refractivity contribution < 1.29 is 9.90 Å². The summed E-state index contributed by atoms with van der Waals surface area (Å²) >= 11 is 5.80. The maximum absolute atomic E-state index is 11.1. The number of urea groups is 1. The Hall–Kier alpha value is -2.12. The second-order valence-corrected chi connectivity index (χ2v) is 4.87. The highest BCUT2D eigenvalue weighted by Crippen LogP contribution is 2.17. The van der Waals surface area contributed by atoms with Gasteiger partial charge in [0, 0.05) is 12.1 Å². The van der Waals surface area contributed by atoms with Crippen LogP contribution in [0.4, 0.5) is 4.79 Å². The first kappa shape index (κ1) is 15.3. The molecule has 3 N–H and O–H groups in total. The van der Waals surface area contributed by atoms with Crippen LogP contribution < -0.4 is 10.6 Å². The molecule has 2 aromatic rings. The first-order valence-corrected chi connectivity index (χ1v) is 6.74. The number of nitrogens with zero attached hydrogens (tertiary/aromatic N) is 3. The van der Waals surface area contributed by atoms with Crippen molar-refractivity contribution in [3.05, 3.63) is 46.7 Å². The maximum atomic E-state index is 11.1. The number of carbonyl (C=O) groups excluding carboxylic acids is 1. The number of carbonyl (C=O) groups is 1. The highest BCUT2D eigenvalue weighted by atomic mass is 35.5. The van der Waals surface area contributed by atoms with E-state index in [9.17, 15) is 9.90 Å². The van der Waals surface area contributed by atoms with Crippen LogP contribution in [0, 0.1) is 0 Å². The lowest BCUT2D eigenvalue weighted by Crippen LogP contribution is -2.32. The predicted molar refractivity (Wildman–Crippen MR) is 77.7 cm³/mol. The van der Waals surface area contributed by atoms with Crippen LogP contribution >= 0.6 is 11.6 Å². The molecule has 2 rings (SSSR count). The largest absolute Gasteiger partial charge is 0.386 e. The molecule has 1 heterocycles. The molecule has 0 aliphatic heterocycles. The van der Waals surface area contributed by atoms with Gasteiger partial charge < -0.3 is 15.7 Å². The van der Waals surface area contributed by atoms with E-state index in [1.54, 1.807) is 30.5 Å². The second kappa shape index (κ2) is 7.05. The molecule has 2 amide bonds. The van der Waals surface area contributed by atoms with E-state index in [2.05, 4.69) is 20.9 Å². The zero-order valence-corrected chi connectivity index (χ0v) is 12.2. The first-order valence-electron chi connectivity index (χ1n) is 6.36. The van der Waals surface area contributed by atoms with E-state index >= 15 is 0 Å².